The van der Waals surface area contributed by atoms with Gasteiger partial charge in [0.05, 0.1) is 31.5 Å². The zero-order valence-corrected chi connectivity index (χ0v) is 19.4. The van der Waals surface area contributed by atoms with Gasteiger partial charge >= 0.3 is 12.1 Å². The van der Waals surface area contributed by atoms with Crippen molar-refractivity contribution >= 4 is 17.5 Å². The number of carbonyl (C=O) groups excluding carboxylic acids is 1. The zero-order chi connectivity index (χ0) is 24.0. The zero-order valence-electron chi connectivity index (χ0n) is 19.4. The highest BCUT2D eigenvalue weighted by molar-refractivity contribution is 6.00. The lowest BCUT2D eigenvalue weighted by Gasteiger charge is -2.44. The fraction of sp³-hybridized carbons (Fsp3) is 0.500. The molecule has 3 heterocycles. The van der Waals surface area contributed by atoms with E-state index in [9.17, 15) is 18.0 Å². The summed E-state index contributed by atoms with van der Waals surface area (Å²) in [6, 6.07) is 8.37. The second kappa shape index (κ2) is 8.52. The van der Waals surface area contributed by atoms with E-state index < -0.39 is 11.9 Å². The number of methoxy groups -OCH3 is 1. The van der Waals surface area contributed by atoms with Crippen LogP contribution in [0.1, 0.15) is 42.8 Å². The van der Waals surface area contributed by atoms with E-state index in [1.807, 2.05) is 43.9 Å². The van der Waals surface area contributed by atoms with Gasteiger partial charge in [-0.1, -0.05) is 17.7 Å². The number of fused-ring (bicyclic) bond motifs is 2. The second-order valence-corrected chi connectivity index (χ2v) is 9.29. The van der Waals surface area contributed by atoms with Gasteiger partial charge in [0.2, 0.25) is 0 Å². The van der Waals surface area contributed by atoms with Crippen LogP contribution in [-0.2, 0) is 22.3 Å². The standard InChI is InChI=1S/C24H29F3N4O2/c1-16-5-6-18-17(13-16)15-31-19(7-8-20(31)24(25,26)27)22(28-18)29-9-11-30(12-10-29)23(2,3)14-21(32)33-4/h5-8,13H,9-12,14-15H2,1-4H3. The number of alkyl halides is 3. The molecule has 0 unspecified atom stereocenters. The summed E-state index contributed by atoms with van der Waals surface area (Å²) in [7, 11) is 1.38. The summed E-state index contributed by atoms with van der Waals surface area (Å²) in [5, 5.41) is 0. The van der Waals surface area contributed by atoms with Crippen LogP contribution >= 0.6 is 0 Å². The van der Waals surface area contributed by atoms with Crippen LogP contribution in [-0.4, -0.2) is 65.0 Å². The molecular weight excluding hydrogens is 433 g/mol. The number of hydrogen-bond donors (Lipinski definition) is 0. The number of hydrogen-bond acceptors (Lipinski definition) is 5. The number of aromatic nitrogens is 1. The molecule has 2 aromatic rings. The number of carbonyl (C=O) groups is 1. The van der Waals surface area contributed by atoms with Crippen LogP contribution in [0.2, 0.25) is 0 Å². The Kier molecular flexibility index (Phi) is 6.03. The van der Waals surface area contributed by atoms with Crippen molar-refractivity contribution in [3.63, 3.8) is 0 Å². The summed E-state index contributed by atoms with van der Waals surface area (Å²) in [4.78, 5) is 20.9. The largest absolute Gasteiger partial charge is 0.469 e. The highest BCUT2D eigenvalue weighted by Gasteiger charge is 2.38. The third-order valence-corrected chi connectivity index (χ3v) is 6.53. The number of aliphatic imine (C=N–C) groups is 1. The number of esters is 1. The highest BCUT2D eigenvalue weighted by atomic mass is 19.4. The SMILES string of the molecule is COC(=O)CC(C)(C)N1CCN(C2=Nc3ccc(C)cc3Cn3c2ccc3C(F)(F)F)CC1. The number of rotatable bonds is 3. The quantitative estimate of drug-likeness (QED) is 0.641. The normalized spacial score (nSPS) is 17.2. The Balaban J connectivity index is 1.66. The minimum absolute atomic E-state index is 0.118. The van der Waals surface area contributed by atoms with Gasteiger partial charge in [-0.3, -0.25) is 9.69 Å². The number of benzene rings is 1. The molecule has 6 nitrogen and oxygen atoms in total. The van der Waals surface area contributed by atoms with Gasteiger partial charge in [0, 0.05) is 31.7 Å². The molecule has 0 N–H and O–H groups in total. The summed E-state index contributed by atoms with van der Waals surface area (Å²) in [6.45, 7) is 8.56. The van der Waals surface area contributed by atoms with Crippen LogP contribution < -0.4 is 0 Å². The number of nitrogens with zero attached hydrogens (tertiary/aromatic N) is 4. The Morgan fingerprint density at radius 3 is 2.42 bits per heavy atom. The van der Waals surface area contributed by atoms with E-state index in [0.717, 1.165) is 17.2 Å². The Hall–Kier alpha value is -2.81. The van der Waals surface area contributed by atoms with Gasteiger partial charge in [0.25, 0.3) is 0 Å². The summed E-state index contributed by atoms with van der Waals surface area (Å²) in [6.07, 6.45) is -4.18. The maximum Gasteiger partial charge on any atom is 0.431 e. The monoisotopic (exact) mass is 462 g/mol. The molecule has 1 fully saturated rings. The first-order valence-electron chi connectivity index (χ1n) is 11.0. The molecule has 2 aliphatic rings. The molecular formula is C24H29F3N4O2. The van der Waals surface area contributed by atoms with Crippen molar-refractivity contribution in [2.24, 2.45) is 4.99 Å². The minimum atomic E-state index is -4.45. The third-order valence-electron chi connectivity index (χ3n) is 6.53. The van der Waals surface area contributed by atoms with Crippen LogP contribution in [0.4, 0.5) is 18.9 Å². The third kappa shape index (κ3) is 4.64. The van der Waals surface area contributed by atoms with Crippen molar-refractivity contribution in [2.75, 3.05) is 33.3 Å². The first-order valence-corrected chi connectivity index (χ1v) is 11.0. The van der Waals surface area contributed by atoms with E-state index in [0.29, 0.717) is 43.4 Å². The van der Waals surface area contributed by atoms with Crippen molar-refractivity contribution in [3.8, 4) is 0 Å². The van der Waals surface area contributed by atoms with Crippen LogP contribution in [0.15, 0.2) is 35.3 Å². The molecule has 4 rings (SSSR count). The first-order chi connectivity index (χ1) is 15.5. The smallest absolute Gasteiger partial charge is 0.431 e. The van der Waals surface area contributed by atoms with Crippen LogP contribution in [0.25, 0.3) is 0 Å². The van der Waals surface area contributed by atoms with Crippen molar-refractivity contribution in [2.45, 2.75) is 45.5 Å². The van der Waals surface area contributed by atoms with Gasteiger partial charge in [0.1, 0.15) is 5.69 Å². The summed E-state index contributed by atoms with van der Waals surface area (Å²) in [5.41, 5.74) is 1.87. The van der Waals surface area contributed by atoms with E-state index >= 15 is 0 Å². The van der Waals surface area contributed by atoms with E-state index in [4.69, 9.17) is 9.73 Å². The van der Waals surface area contributed by atoms with Gasteiger partial charge in [-0.2, -0.15) is 13.2 Å². The summed E-state index contributed by atoms with van der Waals surface area (Å²) >= 11 is 0. The molecule has 178 valence electrons. The van der Waals surface area contributed by atoms with E-state index in [-0.39, 0.29) is 24.5 Å². The van der Waals surface area contributed by atoms with E-state index in [1.165, 1.54) is 17.7 Å². The molecule has 0 radical (unpaired) electrons. The molecule has 33 heavy (non-hydrogen) atoms. The maximum atomic E-state index is 13.8. The van der Waals surface area contributed by atoms with Crippen molar-refractivity contribution in [1.29, 1.82) is 0 Å². The molecule has 0 spiro atoms. The molecule has 0 atom stereocenters. The first kappa shape index (κ1) is 23.4. The summed E-state index contributed by atoms with van der Waals surface area (Å²) < 4.78 is 47.4. The Bertz CT molecular complexity index is 1080. The van der Waals surface area contributed by atoms with Gasteiger partial charge in [-0.25, -0.2) is 4.99 Å². The number of halogens is 3. The van der Waals surface area contributed by atoms with E-state index in [2.05, 4.69) is 4.90 Å². The van der Waals surface area contributed by atoms with Crippen molar-refractivity contribution < 1.29 is 22.7 Å². The predicted octanol–water partition coefficient (Wildman–Crippen LogP) is 4.21. The number of aryl methyl sites for hydroxylation is 1. The highest BCUT2D eigenvalue weighted by Crippen LogP contribution is 2.35. The van der Waals surface area contributed by atoms with Gasteiger partial charge in [-0.05, 0) is 44.5 Å². The van der Waals surface area contributed by atoms with Gasteiger partial charge in [-0.15, -0.1) is 0 Å². The minimum Gasteiger partial charge on any atom is -0.469 e. The molecule has 0 saturated carbocycles. The number of amidine groups is 1. The number of piperazine rings is 1. The lowest BCUT2D eigenvalue weighted by Crippen LogP contribution is -2.56. The van der Waals surface area contributed by atoms with Crippen molar-refractivity contribution in [1.82, 2.24) is 14.4 Å². The molecule has 1 aromatic carbocycles. The Morgan fingerprint density at radius 2 is 1.79 bits per heavy atom. The molecule has 0 bridgehead atoms. The average Bonchev–Trinajstić information content (AvgIpc) is 3.10. The Labute approximate surface area is 191 Å². The molecule has 1 aromatic heterocycles. The Morgan fingerprint density at radius 1 is 1.09 bits per heavy atom. The van der Waals surface area contributed by atoms with Crippen LogP contribution in [0.3, 0.4) is 0 Å². The number of ether oxygens (including phenoxy) is 1. The van der Waals surface area contributed by atoms with Crippen molar-refractivity contribution in [3.05, 3.63) is 52.8 Å². The van der Waals surface area contributed by atoms with Gasteiger partial charge < -0.3 is 14.2 Å². The topological polar surface area (TPSA) is 50.1 Å². The predicted molar refractivity (Wildman–Crippen MR) is 120 cm³/mol. The summed E-state index contributed by atoms with van der Waals surface area (Å²) in [5.74, 6) is 0.290. The fourth-order valence-corrected chi connectivity index (χ4v) is 4.67. The fourth-order valence-electron chi connectivity index (χ4n) is 4.67. The average molecular weight is 463 g/mol. The maximum absolute atomic E-state index is 13.8. The molecule has 0 amide bonds. The van der Waals surface area contributed by atoms with Crippen LogP contribution in [0, 0.1) is 6.92 Å². The van der Waals surface area contributed by atoms with Gasteiger partial charge in [0.15, 0.2) is 5.84 Å². The lowest BCUT2D eigenvalue weighted by atomic mass is 9.97. The molecule has 9 heteroatoms. The molecule has 1 saturated heterocycles. The van der Waals surface area contributed by atoms with Crippen LogP contribution in [0.5, 0.6) is 0 Å². The van der Waals surface area contributed by atoms with E-state index in [1.54, 1.807) is 0 Å². The molecule has 0 aliphatic carbocycles. The second-order valence-electron chi connectivity index (χ2n) is 9.29. The molecule has 2 aliphatic heterocycles. The lowest BCUT2D eigenvalue weighted by molar-refractivity contribution is -0.144.